The molecule has 2 heterocycles. The van der Waals surface area contributed by atoms with E-state index in [2.05, 4.69) is 15.6 Å². The maximum Gasteiger partial charge on any atom is 0.275 e. The van der Waals surface area contributed by atoms with Gasteiger partial charge in [0.15, 0.2) is 0 Å². The standard InChI is InChI=1S/C15H18N4O/c1-10-5-3-6-11(2)13(10)18-14(20)12-9-19-8-4-7-16-15(19)17-12/h3,5-6,9H,4,7-8H2,1-2H3,(H,16,17)(H,18,20). The minimum atomic E-state index is -0.161. The molecule has 1 aromatic heterocycles. The molecule has 3 rings (SSSR count). The molecule has 0 spiro atoms. The van der Waals surface area contributed by atoms with Crippen LogP contribution >= 0.6 is 0 Å². The first kappa shape index (κ1) is 12.7. The Hall–Kier alpha value is -2.30. The number of amides is 1. The molecule has 1 aromatic carbocycles. The molecule has 0 unspecified atom stereocenters. The Kier molecular flexibility index (Phi) is 3.18. The Labute approximate surface area is 118 Å². The van der Waals surface area contributed by atoms with Crippen LogP contribution < -0.4 is 10.6 Å². The maximum absolute atomic E-state index is 12.3. The number of rotatable bonds is 2. The molecule has 0 saturated carbocycles. The van der Waals surface area contributed by atoms with Crippen molar-refractivity contribution in [2.75, 3.05) is 17.2 Å². The second kappa shape index (κ2) is 5.00. The van der Waals surface area contributed by atoms with Gasteiger partial charge in [-0.15, -0.1) is 0 Å². The molecule has 5 heteroatoms. The molecule has 0 atom stereocenters. The number of nitrogens with one attached hydrogen (secondary N) is 2. The SMILES string of the molecule is Cc1cccc(C)c1NC(=O)c1cn2c(n1)NCCC2. The molecular weight excluding hydrogens is 252 g/mol. The number of fused-ring (bicyclic) bond motifs is 1. The summed E-state index contributed by atoms with van der Waals surface area (Å²) in [6.45, 7) is 5.80. The molecule has 104 valence electrons. The van der Waals surface area contributed by atoms with Gasteiger partial charge in [-0.25, -0.2) is 4.98 Å². The Morgan fingerprint density at radius 3 is 2.80 bits per heavy atom. The van der Waals surface area contributed by atoms with Crippen LogP contribution in [0.25, 0.3) is 0 Å². The first-order valence-electron chi connectivity index (χ1n) is 6.84. The van der Waals surface area contributed by atoms with Gasteiger partial charge in [-0.1, -0.05) is 18.2 Å². The number of imidazole rings is 1. The average Bonchev–Trinajstić information content (AvgIpc) is 2.87. The van der Waals surface area contributed by atoms with E-state index in [4.69, 9.17) is 0 Å². The second-order valence-corrected chi connectivity index (χ2v) is 5.14. The van der Waals surface area contributed by atoms with Gasteiger partial charge >= 0.3 is 0 Å². The van der Waals surface area contributed by atoms with Crippen LogP contribution in [0.15, 0.2) is 24.4 Å². The fourth-order valence-corrected chi connectivity index (χ4v) is 2.48. The molecule has 0 saturated heterocycles. The Balaban J connectivity index is 1.84. The third-order valence-electron chi connectivity index (χ3n) is 3.59. The van der Waals surface area contributed by atoms with E-state index in [1.54, 1.807) is 0 Å². The molecule has 1 aliphatic rings. The molecule has 0 fully saturated rings. The number of aromatic nitrogens is 2. The van der Waals surface area contributed by atoms with Crippen LogP contribution in [0.2, 0.25) is 0 Å². The first-order valence-corrected chi connectivity index (χ1v) is 6.84. The normalized spacial score (nSPS) is 13.5. The number of hydrogen-bond donors (Lipinski definition) is 2. The fraction of sp³-hybridized carbons (Fsp3) is 0.333. The zero-order valence-electron chi connectivity index (χ0n) is 11.7. The predicted molar refractivity (Wildman–Crippen MR) is 79.2 cm³/mol. The van der Waals surface area contributed by atoms with Crippen molar-refractivity contribution in [2.24, 2.45) is 0 Å². The van der Waals surface area contributed by atoms with Crippen LogP contribution in [0.4, 0.5) is 11.6 Å². The minimum absolute atomic E-state index is 0.161. The lowest BCUT2D eigenvalue weighted by Crippen LogP contribution is -2.16. The predicted octanol–water partition coefficient (Wildman–Crippen LogP) is 2.57. The third-order valence-corrected chi connectivity index (χ3v) is 3.59. The number of aryl methyl sites for hydroxylation is 3. The van der Waals surface area contributed by atoms with Crippen molar-refractivity contribution in [3.05, 3.63) is 41.2 Å². The second-order valence-electron chi connectivity index (χ2n) is 5.14. The summed E-state index contributed by atoms with van der Waals surface area (Å²) in [5.74, 6) is 0.619. The van der Waals surface area contributed by atoms with Crippen molar-refractivity contribution in [3.8, 4) is 0 Å². The molecule has 5 nitrogen and oxygen atoms in total. The van der Waals surface area contributed by atoms with Crippen molar-refractivity contribution in [3.63, 3.8) is 0 Å². The molecule has 1 amide bonds. The van der Waals surface area contributed by atoms with Gasteiger partial charge in [-0.2, -0.15) is 0 Å². The zero-order valence-corrected chi connectivity index (χ0v) is 11.7. The number of hydrogen-bond acceptors (Lipinski definition) is 3. The highest BCUT2D eigenvalue weighted by Crippen LogP contribution is 2.21. The summed E-state index contributed by atoms with van der Waals surface area (Å²) in [7, 11) is 0. The fourth-order valence-electron chi connectivity index (χ4n) is 2.48. The molecule has 0 radical (unpaired) electrons. The summed E-state index contributed by atoms with van der Waals surface area (Å²) in [6.07, 6.45) is 2.87. The van der Waals surface area contributed by atoms with Gasteiger partial charge in [0, 0.05) is 25.0 Å². The first-order chi connectivity index (χ1) is 9.65. The number of nitrogens with zero attached hydrogens (tertiary/aromatic N) is 2. The van der Waals surface area contributed by atoms with E-state index in [-0.39, 0.29) is 5.91 Å². The van der Waals surface area contributed by atoms with Crippen LogP contribution in [-0.4, -0.2) is 22.0 Å². The highest BCUT2D eigenvalue weighted by molar-refractivity contribution is 6.03. The summed E-state index contributed by atoms with van der Waals surface area (Å²) in [5.41, 5.74) is 3.44. The van der Waals surface area contributed by atoms with Crippen LogP contribution in [-0.2, 0) is 6.54 Å². The van der Waals surface area contributed by atoms with E-state index in [0.717, 1.165) is 42.3 Å². The van der Waals surface area contributed by atoms with E-state index in [0.29, 0.717) is 5.69 Å². The van der Waals surface area contributed by atoms with Gasteiger partial charge in [0.05, 0.1) is 0 Å². The maximum atomic E-state index is 12.3. The van der Waals surface area contributed by atoms with Gasteiger partial charge in [-0.05, 0) is 31.4 Å². The lowest BCUT2D eigenvalue weighted by molar-refractivity contribution is 0.102. The molecule has 20 heavy (non-hydrogen) atoms. The van der Waals surface area contributed by atoms with Crippen LogP contribution in [0, 0.1) is 13.8 Å². The van der Waals surface area contributed by atoms with E-state index in [1.807, 2.05) is 42.8 Å². The van der Waals surface area contributed by atoms with Gasteiger partial charge in [0.25, 0.3) is 5.91 Å². The highest BCUT2D eigenvalue weighted by atomic mass is 16.1. The Morgan fingerprint density at radius 2 is 2.10 bits per heavy atom. The number of para-hydroxylation sites is 1. The molecular formula is C15H18N4O. The van der Waals surface area contributed by atoms with Crippen molar-refractivity contribution in [1.82, 2.24) is 9.55 Å². The van der Waals surface area contributed by atoms with Gasteiger partial charge < -0.3 is 15.2 Å². The third kappa shape index (κ3) is 2.27. The highest BCUT2D eigenvalue weighted by Gasteiger charge is 2.17. The number of anilines is 2. The molecule has 2 N–H and O–H groups in total. The summed E-state index contributed by atoms with van der Waals surface area (Å²) >= 11 is 0. The van der Waals surface area contributed by atoms with Gasteiger partial charge in [-0.3, -0.25) is 4.79 Å². The number of carbonyl (C=O) groups is 1. The van der Waals surface area contributed by atoms with Crippen LogP contribution in [0.1, 0.15) is 28.0 Å². The Morgan fingerprint density at radius 1 is 1.35 bits per heavy atom. The summed E-state index contributed by atoms with van der Waals surface area (Å²) < 4.78 is 1.99. The smallest absolute Gasteiger partial charge is 0.275 e. The quantitative estimate of drug-likeness (QED) is 0.881. The summed E-state index contributed by atoms with van der Waals surface area (Å²) in [4.78, 5) is 16.7. The molecule has 1 aliphatic heterocycles. The topological polar surface area (TPSA) is 59.0 Å². The average molecular weight is 270 g/mol. The largest absolute Gasteiger partial charge is 0.356 e. The van der Waals surface area contributed by atoms with Gasteiger partial charge in [0.2, 0.25) is 5.95 Å². The van der Waals surface area contributed by atoms with Crippen molar-refractivity contribution >= 4 is 17.5 Å². The van der Waals surface area contributed by atoms with Crippen molar-refractivity contribution in [2.45, 2.75) is 26.8 Å². The molecule has 2 aromatic rings. The van der Waals surface area contributed by atoms with E-state index >= 15 is 0 Å². The van der Waals surface area contributed by atoms with Gasteiger partial charge in [0.1, 0.15) is 5.69 Å². The van der Waals surface area contributed by atoms with Crippen LogP contribution in [0.5, 0.6) is 0 Å². The minimum Gasteiger partial charge on any atom is -0.356 e. The molecule has 0 aliphatic carbocycles. The van der Waals surface area contributed by atoms with Crippen molar-refractivity contribution < 1.29 is 4.79 Å². The van der Waals surface area contributed by atoms with E-state index < -0.39 is 0 Å². The van der Waals surface area contributed by atoms with Crippen LogP contribution in [0.3, 0.4) is 0 Å². The Bertz CT molecular complexity index is 616. The zero-order chi connectivity index (χ0) is 14.1. The monoisotopic (exact) mass is 270 g/mol. The van der Waals surface area contributed by atoms with Crippen molar-refractivity contribution in [1.29, 1.82) is 0 Å². The lowest BCUT2D eigenvalue weighted by atomic mass is 10.1. The summed E-state index contributed by atoms with van der Waals surface area (Å²) in [5, 5.41) is 6.16. The summed E-state index contributed by atoms with van der Waals surface area (Å²) in [6, 6.07) is 5.96. The lowest BCUT2D eigenvalue weighted by Gasteiger charge is -2.14. The number of carbonyl (C=O) groups excluding carboxylic acids is 1. The van der Waals surface area contributed by atoms with E-state index in [1.165, 1.54) is 0 Å². The molecule has 0 bridgehead atoms. The number of benzene rings is 1. The van der Waals surface area contributed by atoms with E-state index in [9.17, 15) is 4.79 Å².